The molecule has 1 aliphatic rings. The molecule has 13 heavy (non-hydrogen) atoms. The fourth-order valence-electron chi connectivity index (χ4n) is 1.49. The lowest BCUT2D eigenvalue weighted by Crippen LogP contribution is -1.98. The van der Waals surface area contributed by atoms with Crippen LogP contribution in [-0.4, -0.2) is 17.2 Å². The second-order valence-electron chi connectivity index (χ2n) is 3.26. The number of halogens is 1. The van der Waals surface area contributed by atoms with Crippen molar-refractivity contribution in [3.8, 4) is 0 Å². The smallest absolute Gasteiger partial charge is 0.131 e. The molecule has 1 aliphatic heterocycles. The number of pyridine rings is 1. The monoisotopic (exact) mass is 194 g/mol. The molecule has 0 radical (unpaired) electrons. The Labute approximate surface area is 82.7 Å². The van der Waals surface area contributed by atoms with Crippen molar-refractivity contribution in [1.29, 1.82) is 0 Å². The highest BCUT2D eigenvalue weighted by atomic mass is 35.5. The van der Waals surface area contributed by atoms with E-state index in [9.17, 15) is 0 Å². The number of rotatable bonds is 1. The number of aliphatic imine (C=N–C) groups is 1. The van der Waals surface area contributed by atoms with Crippen LogP contribution in [0.5, 0.6) is 0 Å². The van der Waals surface area contributed by atoms with Crippen LogP contribution in [0.3, 0.4) is 0 Å². The minimum absolute atomic E-state index is 0.586. The first kappa shape index (κ1) is 8.70. The standard InChI is InChI=1S/C10H11ClN2/c1-7-5-8(6-13-10(7)11)9-3-2-4-12-9/h5-6H,2-4H2,1H3. The Morgan fingerprint density at radius 3 is 2.92 bits per heavy atom. The van der Waals surface area contributed by atoms with Crippen molar-refractivity contribution in [2.24, 2.45) is 4.99 Å². The molecule has 2 nitrogen and oxygen atoms in total. The van der Waals surface area contributed by atoms with Gasteiger partial charge in [0.1, 0.15) is 5.15 Å². The maximum atomic E-state index is 5.84. The Balaban J connectivity index is 2.36. The van der Waals surface area contributed by atoms with E-state index in [0.29, 0.717) is 5.15 Å². The maximum Gasteiger partial charge on any atom is 0.131 e. The molecule has 0 fully saturated rings. The van der Waals surface area contributed by atoms with Gasteiger partial charge in [-0.15, -0.1) is 0 Å². The fraction of sp³-hybridized carbons (Fsp3) is 0.400. The average Bonchev–Trinajstić information content (AvgIpc) is 2.62. The Bertz CT molecular complexity index is 358. The molecule has 0 aliphatic carbocycles. The second kappa shape index (κ2) is 3.46. The Morgan fingerprint density at radius 1 is 1.46 bits per heavy atom. The summed E-state index contributed by atoms with van der Waals surface area (Å²) in [5.74, 6) is 0. The van der Waals surface area contributed by atoms with Crippen LogP contribution in [0.2, 0.25) is 5.15 Å². The molecule has 0 amide bonds. The zero-order valence-electron chi connectivity index (χ0n) is 7.55. The Hall–Kier alpha value is -0.890. The molecule has 0 aromatic carbocycles. The quantitative estimate of drug-likeness (QED) is 0.631. The van der Waals surface area contributed by atoms with E-state index >= 15 is 0 Å². The van der Waals surface area contributed by atoms with E-state index in [2.05, 4.69) is 16.0 Å². The molecule has 0 saturated carbocycles. The summed E-state index contributed by atoms with van der Waals surface area (Å²) < 4.78 is 0. The summed E-state index contributed by atoms with van der Waals surface area (Å²) in [4.78, 5) is 8.52. The number of hydrogen-bond acceptors (Lipinski definition) is 2. The van der Waals surface area contributed by atoms with E-state index in [1.807, 2.05) is 6.92 Å². The highest BCUT2D eigenvalue weighted by molar-refractivity contribution is 6.30. The third-order valence-corrected chi connectivity index (χ3v) is 2.62. The fourth-order valence-corrected chi connectivity index (χ4v) is 1.59. The van der Waals surface area contributed by atoms with Crippen LogP contribution in [0.25, 0.3) is 0 Å². The van der Waals surface area contributed by atoms with Crippen LogP contribution in [0, 0.1) is 6.92 Å². The van der Waals surface area contributed by atoms with Crippen molar-refractivity contribution in [2.75, 3.05) is 6.54 Å². The molecule has 0 N–H and O–H groups in total. The van der Waals surface area contributed by atoms with Crippen molar-refractivity contribution in [3.05, 3.63) is 28.5 Å². The van der Waals surface area contributed by atoms with E-state index in [1.54, 1.807) is 6.20 Å². The van der Waals surface area contributed by atoms with Gasteiger partial charge >= 0.3 is 0 Å². The van der Waals surface area contributed by atoms with Crippen molar-refractivity contribution in [1.82, 2.24) is 4.98 Å². The molecule has 0 atom stereocenters. The van der Waals surface area contributed by atoms with Crippen LogP contribution in [-0.2, 0) is 0 Å². The van der Waals surface area contributed by atoms with Gasteiger partial charge in [0.25, 0.3) is 0 Å². The Kier molecular flexibility index (Phi) is 2.32. The summed E-state index contributed by atoms with van der Waals surface area (Å²) in [5, 5.41) is 0.586. The van der Waals surface area contributed by atoms with Gasteiger partial charge in [-0.3, -0.25) is 4.99 Å². The van der Waals surface area contributed by atoms with E-state index in [4.69, 9.17) is 11.6 Å². The van der Waals surface area contributed by atoms with Gasteiger partial charge < -0.3 is 0 Å². The van der Waals surface area contributed by atoms with Crippen LogP contribution in [0.4, 0.5) is 0 Å². The minimum atomic E-state index is 0.586. The molecule has 2 rings (SSSR count). The maximum absolute atomic E-state index is 5.84. The zero-order valence-corrected chi connectivity index (χ0v) is 8.30. The first-order valence-electron chi connectivity index (χ1n) is 4.43. The highest BCUT2D eigenvalue weighted by Gasteiger charge is 2.09. The summed E-state index contributed by atoms with van der Waals surface area (Å²) in [5.41, 5.74) is 3.32. The average molecular weight is 195 g/mol. The molecule has 1 aromatic rings. The molecule has 0 bridgehead atoms. The summed E-state index contributed by atoms with van der Waals surface area (Å²) in [7, 11) is 0. The summed E-state index contributed by atoms with van der Waals surface area (Å²) in [6, 6.07) is 2.06. The molecule has 1 aromatic heterocycles. The molecular formula is C10H11ClN2. The second-order valence-corrected chi connectivity index (χ2v) is 3.62. The number of aromatic nitrogens is 1. The van der Waals surface area contributed by atoms with Gasteiger partial charge in [-0.25, -0.2) is 4.98 Å². The molecule has 0 spiro atoms. The van der Waals surface area contributed by atoms with Gasteiger partial charge in [-0.2, -0.15) is 0 Å². The van der Waals surface area contributed by atoms with Crippen molar-refractivity contribution >= 4 is 17.3 Å². The van der Waals surface area contributed by atoms with Crippen molar-refractivity contribution < 1.29 is 0 Å². The van der Waals surface area contributed by atoms with Gasteiger partial charge in [-0.05, 0) is 31.4 Å². The summed E-state index contributed by atoms with van der Waals surface area (Å²) >= 11 is 5.84. The lowest BCUT2D eigenvalue weighted by molar-refractivity contribution is 0.951. The first-order chi connectivity index (χ1) is 6.27. The third kappa shape index (κ3) is 1.73. The lowest BCUT2D eigenvalue weighted by atomic mass is 10.1. The largest absolute Gasteiger partial charge is 0.289 e. The number of nitrogens with zero attached hydrogens (tertiary/aromatic N) is 2. The van der Waals surface area contributed by atoms with E-state index in [1.165, 1.54) is 5.71 Å². The van der Waals surface area contributed by atoms with Crippen LogP contribution in [0.1, 0.15) is 24.0 Å². The van der Waals surface area contributed by atoms with Gasteiger partial charge in [-0.1, -0.05) is 11.6 Å². The topological polar surface area (TPSA) is 25.2 Å². The zero-order chi connectivity index (χ0) is 9.26. The predicted molar refractivity (Wildman–Crippen MR) is 54.6 cm³/mol. The normalized spacial score (nSPS) is 16.0. The molecular weight excluding hydrogens is 184 g/mol. The van der Waals surface area contributed by atoms with E-state index in [-0.39, 0.29) is 0 Å². The van der Waals surface area contributed by atoms with Crippen LogP contribution < -0.4 is 0 Å². The summed E-state index contributed by atoms with van der Waals surface area (Å²) in [6.45, 7) is 2.92. The van der Waals surface area contributed by atoms with Gasteiger partial charge in [0.15, 0.2) is 0 Å². The SMILES string of the molecule is Cc1cc(C2=NCCC2)cnc1Cl. The van der Waals surface area contributed by atoms with Crippen LogP contribution >= 0.6 is 11.6 Å². The van der Waals surface area contributed by atoms with Crippen LogP contribution in [0.15, 0.2) is 17.3 Å². The highest BCUT2D eigenvalue weighted by Crippen LogP contribution is 2.17. The number of hydrogen-bond donors (Lipinski definition) is 0. The van der Waals surface area contributed by atoms with E-state index < -0.39 is 0 Å². The van der Waals surface area contributed by atoms with Crippen molar-refractivity contribution in [2.45, 2.75) is 19.8 Å². The van der Waals surface area contributed by atoms with Gasteiger partial charge in [0.05, 0.1) is 0 Å². The molecule has 0 saturated heterocycles. The third-order valence-electron chi connectivity index (χ3n) is 2.22. The van der Waals surface area contributed by atoms with Gasteiger partial charge in [0.2, 0.25) is 0 Å². The van der Waals surface area contributed by atoms with Crippen molar-refractivity contribution in [3.63, 3.8) is 0 Å². The molecule has 3 heteroatoms. The first-order valence-corrected chi connectivity index (χ1v) is 4.81. The predicted octanol–water partition coefficient (Wildman–Crippen LogP) is 2.63. The lowest BCUT2D eigenvalue weighted by Gasteiger charge is -2.02. The minimum Gasteiger partial charge on any atom is -0.289 e. The molecule has 68 valence electrons. The van der Waals surface area contributed by atoms with E-state index in [0.717, 1.165) is 30.5 Å². The number of aryl methyl sites for hydroxylation is 1. The Morgan fingerprint density at radius 2 is 2.31 bits per heavy atom. The molecule has 2 heterocycles. The summed E-state index contributed by atoms with van der Waals surface area (Å²) in [6.07, 6.45) is 4.04. The van der Waals surface area contributed by atoms with Gasteiger partial charge in [0, 0.05) is 24.0 Å². The molecule has 0 unspecified atom stereocenters.